The van der Waals surface area contributed by atoms with Crippen molar-refractivity contribution < 1.29 is 158 Å². The molecular formula is C76H108O32. The van der Waals surface area contributed by atoms with E-state index in [0.717, 1.165) is 0 Å². The zero-order chi connectivity index (χ0) is 78.2. The van der Waals surface area contributed by atoms with Crippen molar-refractivity contribution in [2.75, 3.05) is 13.2 Å². The summed E-state index contributed by atoms with van der Waals surface area (Å²) in [6, 6.07) is 17.5. The fourth-order valence-corrected chi connectivity index (χ4v) is 21.6. The third kappa shape index (κ3) is 13.3. The zero-order valence-electron chi connectivity index (χ0n) is 61.7. The average molecular weight is 1530 g/mol. The molecule has 32 heteroatoms. The Morgan fingerprint density at radius 3 is 1.65 bits per heavy atom. The number of esters is 2. The van der Waals surface area contributed by atoms with Crippen molar-refractivity contribution in [3.8, 4) is 0 Å². The summed E-state index contributed by atoms with van der Waals surface area (Å²) >= 11 is 0. The summed E-state index contributed by atoms with van der Waals surface area (Å²) in [6.07, 6.45) is -49.2. The van der Waals surface area contributed by atoms with E-state index in [2.05, 4.69) is 20.8 Å². The van der Waals surface area contributed by atoms with Crippen LogP contribution < -0.4 is 0 Å². The van der Waals surface area contributed by atoms with E-state index < -0.39 is 259 Å². The molecule has 2 bridgehead atoms. The van der Waals surface area contributed by atoms with Crippen molar-refractivity contribution >= 4 is 24.0 Å². The first-order chi connectivity index (χ1) is 50.9. The van der Waals surface area contributed by atoms with E-state index in [0.29, 0.717) is 37.7 Å². The SMILES string of the molecule is C[C@@H]1O[C@@H](O[C@H]2[C@H](O[C@H]3[C@H](O[C@H]4[C@H](O)[C@@H](C(=O)O)O[C@@H](O[C@H]5CC[C@]6(C)[C@H]7CC[C@@]89OC(O)[C@@]%10([C@H](O)C[C@@]8(C)[C@]7(C)CC[C@H]6C5(C)C)[C@H]9CC(C)(C)[C@@H](OC(=O)c5ccccc5)[C@@H]%10OC(=O)/C=C/c5ccccc5)[C@@H]4O[C@@H]4O[C@H](CO)[C@H](O)[C@H](O)[C@H]4O)O[C@H](CO)[C@H](O)[C@@H]3O)O[C@@H](C)[C@H](O)[C@H]2O)[C@H](O)[C@H](O)[C@H]1O. The fraction of sp³-hybridized carbons (Fsp3) is 0.776. The van der Waals surface area contributed by atoms with Crippen molar-refractivity contribution in [2.24, 2.45) is 50.2 Å². The van der Waals surface area contributed by atoms with Gasteiger partial charge in [0.1, 0.15) is 110 Å². The van der Waals surface area contributed by atoms with Crippen LogP contribution in [0.4, 0.5) is 0 Å². The van der Waals surface area contributed by atoms with Crippen LogP contribution in [0.1, 0.15) is 130 Å². The maximum atomic E-state index is 14.4. The smallest absolute Gasteiger partial charge is 0.338 e. The summed E-state index contributed by atoms with van der Waals surface area (Å²) < 4.78 is 82.4. The van der Waals surface area contributed by atoms with Crippen molar-refractivity contribution in [1.29, 1.82) is 0 Å². The molecule has 11 aliphatic rings. The predicted molar refractivity (Wildman–Crippen MR) is 365 cm³/mol. The molecule has 6 heterocycles. The van der Waals surface area contributed by atoms with E-state index in [1.807, 2.05) is 58.0 Å². The number of carbonyl (C=O) groups excluding carboxylic acids is 2. The Balaban J connectivity index is 0.808. The first-order valence-corrected chi connectivity index (χ1v) is 37.6. The summed E-state index contributed by atoms with van der Waals surface area (Å²) in [5, 5.41) is 183. The number of hydrogen-bond donors (Lipinski definition) is 16. The van der Waals surface area contributed by atoms with E-state index in [-0.39, 0.29) is 36.7 Å². The van der Waals surface area contributed by atoms with Crippen LogP contribution in [-0.2, 0) is 71.2 Å². The highest BCUT2D eigenvalue weighted by atomic mass is 16.8. The van der Waals surface area contributed by atoms with E-state index in [1.165, 1.54) is 19.9 Å². The molecule has 604 valence electrons. The van der Waals surface area contributed by atoms with Gasteiger partial charge in [0.25, 0.3) is 0 Å². The van der Waals surface area contributed by atoms with Gasteiger partial charge in [-0.05, 0) is 117 Å². The number of ether oxygens (including phenoxy) is 13. The van der Waals surface area contributed by atoms with Crippen LogP contribution in [0.3, 0.4) is 0 Å². The second kappa shape index (κ2) is 30.4. The van der Waals surface area contributed by atoms with Crippen molar-refractivity contribution in [1.82, 2.24) is 0 Å². The number of carboxylic acids is 1. The highest BCUT2D eigenvalue weighted by Gasteiger charge is 2.86. The lowest BCUT2D eigenvalue weighted by Crippen LogP contribution is -2.77. The lowest BCUT2D eigenvalue weighted by atomic mass is 9.30. The van der Waals surface area contributed by atoms with Gasteiger partial charge in [-0.1, -0.05) is 97.0 Å². The number of aliphatic hydroxyl groups is 15. The maximum Gasteiger partial charge on any atom is 0.338 e. The Morgan fingerprint density at radius 2 is 1.02 bits per heavy atom. The number of benzene rings is 2. The van der Waals surface area contributed by atoms with Crippen LogP contribution >= 0.6 is 0 Å². The standard InChI is InChI=1S/C76H108O32/c1-32-44(81)48(85)52(89)64(96-32)104-57-50(87)45(82)33(2)97-66(57)105-58-51(88)47(84)37(31-78)99-67(58)102-55-54(91)56(62(92)93)103-68(59(55)106-65-53(90)49(86)46(83)36(30-77)98-65)100-42-24-25-72(7)38(71(42,5)6)22-26-73(8)39(72)23-27-75-40-28-70(3,4)60(107-63(94)35-18-14-11-15-19-35)61(101-43(80)21-20-34-16-12-10-13-17-34)76(40,69(95)108-75)41(79)29-74(73,75)9/h10-21,32-33,36-42,44-61,64-69,77-79,81-91,95H,22-31H2,1-9H3,(H,92,93)/b21-20+/t32-,33-,36+,37+,38-,39+,40-,41+,42-,44-,45-,46-,47-,48+,49-,50+,51-,52+,53+,54-,55-,56-,57+,58+,59+,60-,61-,64-,65-,66-,67-,68+,69?,72-,73+,74-,75-,76+/m0/s1. The third-order valence-electron chi connectivity index (χ3n) is 27.5. The number of carbonyl (C=O) groups is 3. The van der Waals surface area contributed by atoms with Gasteiger partial charge in [-0.3, -0.25) is 0 Å². The van der Waals surface area contributed by atoms with Gasteiger partial charge in [0.15, 0.2) is 49.9 Å². The first-order valence-electron chi connectivity index (χ1n) is 37.6. The Morgan fingerprint density at radius 1 is 0.500 bits per heavy atom. The van der Waals surface area contributed by atoms with Crippen molar-refractivity contribution in [2.45, 2.75) is 304 Å². The molecule has 5 saturated carbocycles. The van der Waals surface area contributed by atoms with Crippen LogP contribution in [0.2, 0.25) is 0 Å². The van der Waals surface area contributed by atoms with Gasteiger partial charge in [-0.2, -0.15) is 0 Å². The maximum absolute atomic E-state index is 14.4. The fourth-order valence-electron chi connectivity index (χ4n) is 21.6. The number of hydrogen-bond acceptors (Lipinski definition) is 31. The molecule has 1 spiro atoms. The van der Waals surface area contributed by atoms with Gasteiger partial charge < -0.3 is 143 Å². The average Bonchev–Trinajstić information content (AvgIpc) is 1.40. The molecule has 2 aromatic carbocycles. The minimum Gasteiger partial charge on any atom is -0.479 e. The van der Waals surface area contributed by atoms with Crippen LogP contribution in [0.25, 0.3) is 6.08 Å². The molecular weight excluding hydrogens is 1420 g/mol. The van der Waals surface area contributed by atoms with Crippen LogP contribution in [-0.4, -0.2) is 303 Å². The number of fused-ring (bicyclic) bond motifs is 4. The molecule has 0 aromatic heterocycles. The van der Waals surface area contributed by atoms with Crippen LogP contribution in [0.15, 0.2) is 66.7 Å². The zero-order valence-corrected chi connectivity index (χ0v) is 61.7. The second-order valence-electron chi connectivity index (χ2n) is 34.0. The molecule has 108 heavy (non-hydrogen) atoms. The molecule has 13 rings (SSSR count). The number of aliphatic hydroxyl groups excluding tert-OH is 15. The van der Waals surface area contributed by atoms with Gasteiger partial charge in [-0.15, -0.1) is 0 Å². The predicted octanol–water partition coefficient (Wildman–Crippen LogP) is -0.990. The normalized spacial score (nSPS) is 50.3. The van der Waals surface area contributed by atoms with Gasteiger partial charge in [-0.25, -0.2) is 14.4 Å². The largest absolute Gasteiger partial charge is 0.479 e. The van der Waals surface area contributed by atoms with Gasteiger partial charge in [0.05, 0.1) is 54.2 Å². The molecule has 32 nitrogen and oxygen atoms in total. The third-order valence-corrected chi connectivity index (χ3v) is 27.5. The monoisotopic (exact) mass is 1530 g/mol. The summed E-state index contributed by atoms with van der Waals surface area (Å²) in [4.78, 5) is 42.2. The molecule has 2 aromatic rings. The molecule has 38 atom stereocenters. The molecule has 0 amide bonds. The molecule has 0 radical (unpaired) electrons. The van der Waals surface area contributed by atoms with E-state index >= 15 is 0 Å². The summed E-state index contributed by atoms with van der Waals surface area (Å²) in [5.41, 5.74) is -5.88. The molecule has 6 aliphatic heterocycles. The molecule has 1 unspecified atom stereocenters. The quantitative estimate of drug-likeness (QED) is 0.0484. The molecule has 5 aliphatic carbocycles. The van der Waals surface area contributed by atoms with Crippen molar-refractivity contribution in [3.05, 3.63) is 77.9 Å². The lowest BCUT2D eigenvalue weighted by Gasteiger charge is -2.75. The summed E-state index contributed by atoms with van der Waals surface area (Å²) in [5.74, 6) is -4.27. The highest BCUT2D eigenvalue weighted by Crippen LogP contribution is 2.82. The highest BCUT2D eigenvalue weighted by molar-refractivity contribution is 5.90. The van der Waals surface area contributed by atoms with E-state index in [9.17, 15) is 96.1 Å². The second-order valence-corrected chi connectivity index (χ2v) is 34.0. The van der Waals surface area contributed by atoms with Gasteiger partial charge in [0.2, 0.25) is 0 Å². The Bertz CT molecular complexity index is 3520. The van der Waals surface area contributed by atoms with Crippen molar-refractivity contribution in [3.63, 3.8) is 0 Å². The summed E-state index contributed by atoms with van der Waals surface area (Å²) in [6.45, 7) is 15.1. The topological polar surface area (TPSA) is 495 Å². The Kier molecular flexibility index (Phi) is 22.9. The lowest BCUT2D eigenvalue weighted by molar-refractivity contribution is -0.412. The minimum atomic E-state index is -2.38. The van der Waals surface area contributed by atoms with E-state index in [4.69, 9.17) is 61.6 Å². The minimum absolute atomic E-state index is 0.0823. The Labute approximate surface area is 624 Å². The number of aliphatic carboxylic acids is 1. The number of rotatable bonds is 18. The molecule has 6 saturated heterocycles. The molecule has 11 fully saturated rings. The number of carboxylic acid groups (broad SMARTS) is 1. The first kappa shape index (κ1) is 81.6. The van der Waals surface area contributed by atoms with Gasteiger partial charge >= 0.3 is 17.9 Å². The van der Waals surface area contributed by atoms with Gasteiger partial charge in [0, 0.05) is 22.8 Å². The molecule has 16 N–H and O–H groups in total. The van der Waals surface area contributed by atoms with Crippen LogP contribution in [0, 0.1) is 50.2 Å². The summed E-state index contributed by atoms with van der Waals surface area (Å²) in [7, 11) is 0. The van der Waals surface area contributed by atoms with E-state index in [1.54, 1.807) is 36.4 Å². The Hall–Kier alpha value is -4.45. The van der Waals surface area contributed by atoms with Crippen LogP contribution in [0.5, 0.6) is 0 Å².